The molecule has 1 saturated heterocycles. The van der Waals surface area contributed by atoms with Gasteiger partial charge in [0.15, 0.2) is 6.23 Å². The van der Waals surface area contributed by atoms with Gasteiger partial charge in [0.2, 0.25) is 5.95 Å². The normalized spacial score (nSPS) is 24.1. The second-order valence-corrected chi connectivity index (χ2v) is 10.5. The fraction of sp³-hybridized carbons (Fsp3) is 0.545. The van der Waals surface area contributed by atoms with E-state index in [1.165, 1.54) is 6.92 Å². The maximum absolute atomic E-state index is 13.6. The minimum absolute atomic E-state index is 0.111. The molecule has 3 rings (SSSR count). The number of nitrogen functional groups attached to an aromatic ring is 1. The standard InChI is InChI=1S/C22H32N5O9P/c1-12(2)35-20(30)14(4)26-37(32,33-9-15-8-6-5-7-13(15)3)34-10-16-17(28)18(29)19(36-16)27-11-24-21(23)25-22(27)31/h5-8,11-12,14,16-19,28-29H,9-10H2,1-4H3,(H,26,32)(H2,23,25,31)/t14-,16?,17?,18?,19?,37+/m0/s1. The second kappa shape index (κ2) is 12.2. The smallest absolute Gasteiger partial charge is 0.406 e. The minimum atomic E-state index is -4.20. The number of esters is 1. The Morgan fingerprint density at radius 2 is 1.95 bits per heavy atom. The van der Waals surface area contributed by atoms with Gasteiger partial charge in [0.25, 0.3) is 0 Å². The molecule has 2 heterocycles. The van der Waals surface area contributed by atoms with Gasteiger partial charge in [-0.05, 0) is 38.8 Å². The SMILES string of the molecule is Cc1ccccc1CO[P@](=O)(N[C@@H](C)C(=O)OC(C)C)OCC1OC(n2cnc(N)nc2=O)C(O)C1O. The maximum atomic E-state index is 13.6. The number of nitrogens with two attached hydrogens (primary N) is 1. The Balaban J connectivity index is 1.74. The van der Waals surface area contributed by atoms with E-state index in [1.54, 1.807) is 26.0 Å². The van der Waals surface area contributed by atoms with Crippen LogP contribution in [0, 0.1) is 6.92 Å². The van der Waals surface area contributed by atoms with Crippen LogP contribution in [0.15, 0.2) is 35.4 Å². The summed E-state index contributed by atoms with van der Waals surface area (Å²) in [6.45, 7) is 6.00. The van der Waals surface area contributed by atoms with E-state index >= 15 is 0 Å². The lowest BCUT2D eigenvalue weighted by Crippen LogP contribution is -2.38. The van der Waals surface area contributed by atoms with Crippen LogP contribution in [0.3, 0.4) is 0 Å². The summed E-state index contributed by atoms with van der Waals surface area (Å²) < 4.78 is 36.4. The highest BCUT2D eigenvalue weighted by molar-refractivity contribution is 7.51. The number of hydrogen-bond donors (Lipinski definition) is 4. The van der Waals surface area contributed by atoms with Gasteiger partial charge in [-0.1, -0.05) is 24.3 Å². The Morgan fingerprint density at radius 1 is 1.24 bits per heavy atom. The molecule has 1 aromatic heterocycles. The van der Waals surface area contributed by atoms with E-state index < -0.39 is 62.7 Å². The topological polar surface area (TPSA) is 197 Å². The lowest BCUT2D eigenvalue weighted by atomic mass is 10.1. The summed E-state index contributed by atoms with van der Waals surface area (Å²) in [5, 5.41) is 23.5. The molecule has 1 fully saturated rings. The predicted molar refractivity (Wildman–Crippen MR) is 130 cm³/mol. The average Bonchev–Trinajstić information content (AvgIpc) is 3.10. The zero-order chi connectivity index (χ0) is 27.3. The zero-order valence-corrected chi connectivity index (χ0v) is 21.8. The zero-order valence-electron chi connectivity index (χ0n) is 20.9. The van der Waals surface area contributed by atoms with Crippen molar-refractivity contribution in [2.45, 2.75) is 71.0 Å². The molecule has 4 unspecified atom stereocenters. The van der Waals surface area contributed by atoms with Crippen LogP contribution in [-0.2, 0) is 34.5 Å². The fourth-order valence-electron chi connectivity index (χ4n) is 3.46. The number of aromatic nitrogens is 3. The highest BCUT2D eigenvalue weighted by Gasteiger charge is 2.45. The first-order chi connectivity index (χ1) is 17.4. The highest BCUT2D eigenvalue weighted by Crippen LogP contribution is 2.46. The number of anilines is 1. The van der Waals surface area contributed by atoms with Crippen molar-refractivity contribution in [3.05, 3.63) is 52.2 Å². The van der Waals surface area contributed by atoms with Crippen LogP contribution >= 0.6 is 7.75 Å². The van der Waals surface area contributed by atoms with E-state index in [0.717, 1.165) is 22.0 Å². The molecule has 0 saturated carbocycles. The lowest BCUT2D eigenvalue weighted by Gasteiger charge is -2.25. The molecule has 14 nitrogen and oxygen atoms in total. The summed E-state index contributed by atoms with van der Waals surface area (Å²) in [6, 6.07) is 6.21. The average molecular weight is 541 g/mol. The van der Waals surface area contributed by atoms with E-state index in [9.17, 15) is 24.4 Å². The van der Waals surface area contributed by atoms with Crippen molar-refractivity contribution in [2.75, 3.05) is 12.3 Å². The molecule has 0 spiro atoms. The van der Waals surface area contributed by atoms with Crippen molar-refractivity contribution >= 4 is 19.7 Å². The van der Waals surface area contributed by atoms with Gasteiger partial charge in [0.1, 0.15) is 30.7 Å². The minimum Gasteiger partial charge on any atom is -0.462 e. The molecule has 6 atom stereocenters. The molecule has 1 aliphatic heterocycles. The van der Waals surface area contributed by atoms with Crippen molar-refractivity contribution in [1.29, 1.82) is 0 Å². The summed E-state index contributed by atoms with van der Waals surface area (Å²) in [5.74, 6) is -0.939. The van der Waals surface area contributed by atoms with Crippen molar-refractivity contribution in [1.82, 2.24) is 19.6 Å². The van der Waals surface area contributed by atoms with Gasteiger partial charge in [-0.2, -0.15) is 4.98 Å². The van der Waals surface area contributed by atoms with Crippen molar-refractivity contribution in [3.63, 3.8) is 0 Å². The van der Waals surface area contributed by atoms with Crippen LogP contribution in [0.25, 0.3) is 0 Å². The fourth-order valence-corrected chi connectivity index (χ4v) is 4.92. The molecular formula is C22H32N5O9P. The number of nitrogens with one attached hydrogen (secondary N) is 1. The third kappa shape index (κ3) is 7.42. The Hall–Kier alpha value is -2.71. The third-order valence-corrected chi connectivity index (χ3v) is 7.14. The molecule has 0 radical (unpaired) electrons. The molecule has 1 aliphatic rings. The van der Waals surface area contributed by atoms with Crippen LogP contribution in [0.1, 0.15) is 38.1 Å². The maximum Gasteiger partial charge on any atom is 0.406 e. The van der Waals surface area contributed by atoms with Crippen molar-refractivity contribution in [2.24, 2.45) is 0 Å². The molecule has 0 aliphatic carbocycles. The summed E-state index contributed by atoms with van der Waals surface area (Å²) in [7, 11) is -4.20. The monoisotopic (exact) mass is 541 g/mol. The number of nitrogens with zero attached hydrogens (tertiary/aromatic N) is 3. The van der Waals surface area contributed by atoms with Gasteiger partial charge in [-0.15, -0.1) is 0 Å². The Labute approximate surface area is 213 Å². The Morgan fingerprint density at radius 3 is 2.59 bits per heavy atom. The van der Waals surface area contributed by atoms with Gasteiger partial charge in [-0.3, -0.25) is 18.4 Å². The van der Waals surface area contributed by atoms with E-state index in [0.29, 0.717) is 0 Å². The largest absolute Gasteiger partial charge is 0.462 e. The van der Waals surface area contributed by atoms with Crippen molar-refractivity contribution in [3.8, 4) is 0 Å². The second-order valence-electron chi connectivity index (χ2n) is 8.78. The van der Waals surface area contributed by atoms with Gasteiger partial charge in [0, 0.05) is 0 Å². The number of aliphatic hydroxyl groups excluding tert-OH is 2. The number of ether oxygens (including phenoxy) is 2. The number of aryl methyl sites for hydroxylation is 1. The number of carbonyl (C=O) groups excluding carboxylic acids is 1. The first kappa shape index (κ1) is 28.9. The number of hydrogen-bond acceptors (Lipinski definition) is 12. The third-order valence-electron chi connectivity index (χ3n) is 5.47. The summed E-state index contributed by atoms with van der Waals surface area (Å²) in [6.07, 6.45) is -5.03. The molecular weight excluding hydrogens is 509 g/mol. The highest BCUT2D eigenvalue weighted by atomic mass is 31.2. The quantitative estimate of drug-likeness (QED) is 0.226. The van der Waals surface area contributed by atoms with Crippen LogP contribution in [0.2, 0.25) is 0 Å². The van der Waals surface area contributed by atoms with Crippen molar-refractivity contribution < 1.29 is 38.1 Å². The molecule has 2 aromatic rings. The predicted octanol–water partition coefficient (Wildman–Crippen LogP) is 0.419. The molecule has 37 heavy (non-hydrogen) atoms. The van der Waals surface area contributed by atoms with E-state index in [-0.39, 0.29) is 12.6 Å². The molecule has 204 valence electrons. The summed E-state index contributed by atoms with van der Waals surface area (Å²) in [5.41, 5.74) is 6.16. The molecule has 1 aromatic carbocycles. The summed E-state index contributed by atoms with van der Waals surface area (Å²) >= 11 is 0. The van der Waals surface area contributed by atoms with Crippen LogP contribution < -0.4 is 16.5 Å². The van der Waals surface area contributed by atoms with Gasteiger partial charge < -0.3 is 25.4 Å². The van der Waals surface area contributed by atoms with E-state index in [4.69, 9.17) is 24.3 Å². The molecule has 0 amide bonds. The molecule has 5 N–H and O–H groups in total. The Kier molecular flexibility index (Phi) is 9.53. The molecule has 0 bridgehead atoms. The van der Waals surface area contributed by atoms with Gasteiger partial charge in [-0.25, -0.2) is 19.4 Å². The number of benzene rings is 1. The number of aliphatic hydroxyl groups is 2. The van der Waals surface area contributed by atoms with Crippen LogP contribution in [0.4, 0.5) is 5.95 Å². The van der Waals surface area contributed by atoms with E-state index in [1.807, 2.05) is 19.1 Å². The lowest BCUT2D eigenvalue weighted by molar-refractivity contribution is -0.149. The first-order valence-electron chi connectivity index (χ1n) is 11.5. The van der Waals surface area contributed by atoms with Gasteiger partial charge >= 0.3 is 19.4 Å². The van der Waals surface area contributed by atoms with E-state index in [2.05, 4.69) is 15.1 Å². The molecule has 15 heteroatoms. The number of rotatable bonds is 11. The first-order valence-corrected chi connectivity index (χ1v) is 13.1. The number of carbonyl (C=O) groups is 1. The van der Waals surface area contributed by atoms with Crippen LogP contribution in [-0.4, -0.2) is 67.8 Å². The summed E-state index contributed by atoms with van der Waals surface area (Å²) in [4.78, 5) is 31.6. The Bertz CT molecular complexity index is 1190. The van der Waals surface area contributed by atoms with Gasteiger partial charge in [0.05, 0.1) is 19.3 Å². The van der Waals surface area contributed by atoms with Crippen LogP contribution in [0.5, 0.6) is 0 Å².